The van der Waals surface area contributed by atoms with Gasteiger partial charge >= 0.3 is 0 Å². The summed E-state index contributed by atoms with van der Waals surface area (Å²) in [6.45, 7) is 5.95. The lowest BCUT2D eigenvalue weighted by Gasteiger charge is -2.17. The van der Waals surface area contributed by atoms with Crippen LogP contribution in [0.2, 0.25) is 0 Å². The third-order valence-electron chi connectivity index (χ3n) is 2.78. The summed E-state index contributed by atoms with van der Waals surface area (Å²) in [6.07, 6.45) is 0.839. The number of nitrogens with zero attached hydrogens (tertiary/aromatic N) is 1. The van der Waals surface area contributed by atoms with Crippen LogP contribution in [0.5, 0.6) is 0 Å². The highest BCUT2D eigenvalue weighted by Gasteiger charge is 2.07. The summed E-state index contributed by atoms with van der Waals surface area (Å²) in [5, 5.41) is 3.14. The molecule has 20 heavy (non-hydrogen) atoms. The van der Waals surface area contributed by atoms with E-state index in [4.69, 9.17) is 10.6 Å². The van der Waals surface area contributed by atoms with Crippen molar-refractivity contribution >= 4 is 5.96 Å². The molecular formula is C14H23FN4O. The van der Waals surface area contributed by atoms with Crippen LogP contribution < -0.4 is 16.6 Å². The van der Waals surface area contributed by atoms with Crippen LogP contribution in [0, 0.1) is 5.82 Å². The number of ether oxygens (including phenoxy) is 1. The largest absolute Gasteiger partial charge is 0.382 e. The minimum Gasteiger partial charge on any atom is -0.382 e. The van der Waals surface area contributed by atoms with Gasteiger partial charge in [-0.3, -0.25) is 10.4 Å². The van der Waals surface area contributed by atoms with Crippen LogP contribution in [0.4, 0.5) is 4.39 Å². The molecule has 0 saturated heterocycles. The number of benzene rings is 1. The molecule has 0 aromatic heterocycles. The number of halogens is 1. The molecule has 1 aromatic rings. The zero-order valence-electron chi connectivity index (χ0n) is 12.0. The molecule has 1 rings (SSSR count). The van der Waals surface area contributed by atoms with Crippen LogP contribution in [0.15, 0.2) is 29.3 Å². The molecule has 4 N–H and O–H groups in total. The SMILES string of the molecule is CCOCCCN=C(NN)NC(C)c1ccc(F)cc1. The van der Waals surface area contributed by atoms with Crippen molar-refractivity contribution < 1.29 is 9.13 Å². The first kappa shape index (κ1) is 16.4. The maximum absolute atomic E-state index is 12.9. The van der Waals surface area contributed by atoms with Crippen molar-refractivity contribution in [1.82, 2.24) is 10.7 Å². The van der Waals surface area contributed by atoms with Crippen molar-refractivity contribution in [2.75, 3.05) is 19.8 Å². The van der Waals surface area contributed by atoms with Crippen molar-refractivity contribution in [3.05, 3.63) is 35.6 Å². The van der Waals surface area contributed by atoms with Gasteiger partial charge in [-0.25, -0.2) is 10.2 Å². The zero-order valence-corrected chi connectivity index (χ0v) is 12.0. The van der Waals surface area contributed by atoms with Gasteiger partial charge in [-0.1, -0.05) is 12.1 Å². The van der Waals surface area contributed by atoms with Crippen molar-refractivity contribution in [1.29, 1.82) is 0 Å². The number of nitrogens with two attached hydrogens (primary N) is 1. The summed E-state index contributed by atoms with van der Waals surface area (Å²) in [7, 11) is 0. The smallest absolute Gasteiger partial charge is 0.206 e. The highest BCUT2D eigenvalue weighted by atomic mass is 19.1. The fourth-order valence-electron chi connectivity index (χ4n) is 1.67. The molecule has 0 heterocycles. The van der Waals surface area contributed by atoms with E-state index in [1.165, 1.54) is 12.1 Å². The molecule has 0 amide bonds. The number of guanidine groups is 1. The van der Waals surface area contributed by atoms with Gasteiger partial charge in [0.05, 0.1) is 6.04 Å². The van der Waals surface area contributed by atoms with Gasteiger partial charge in [0.2, 0.25) is 5.96 Å². The Morgan fingerprint density at radius 2 is 2.10 bits per heavy atom. The van der Waals surface area contributed by atoms with E-state index in [2.05, 4.69) is 15.7 Å². The van der Waals surface area contributed by atoms with Crippen molar-refractivity contribution in [2.45, 2.75) is 26.3 Å². The van der Waals surface area contributed by atoms with Gasteiger partial charge in [-0.15, -0.1) is 0 Å². The fourth-order valence-corrected chi connectivity index (χ4v) is 1.67. The van der Waals surface area contributed by atoms with E-state index in [-0.39, 0.29) is 11.9 Å². The molecule has 112 valence electrons. The molecular weight excluding hydrogens is 259 g/mol. The third kappa shape index (κ3) is 5.99. The lowest BCUT2D eigenvalue weighted by atomic mass is 10.1. The van der Waals surface area contributed by atoms with Crippen molar-refractivity contribution in [3.63, 3.8) is 0 Å². The maximum atomic E-state index is 12.9. The topological polar surface area (TPSA) is 71.7 Å². The van der Waals surface area contributed by atoms with Crippen LogP contribution in [0.3, 0.4) is 0 Å². The molecule has 1 unspecified atom stereocenters. The van der Waals surface area contributed by atoms with Crippen molar-refractivity contribution in [2.24, 2.45) is 10.8 Å². The number of aliphatic imine (C=N–C) groups is 1. The molecule has 0 aliphatic heterocycles. The second-order valence-corrected chi connectivity index (χ2v) is 4.34. The van der Waals surface area contributed by atoms with Gasteiger partial charge in [-0.2, -0.15) is 0 Å². The predicted molar refractivity (Wildman–Crippen MR) is 78.7 cm³/mol. The summed E-state index contributed by atoms with van der Waals surface area (Å²) in [6, 6.07) is 6.31. The van der Waals surface area contributed by atoms with E-state index in [9.17, 15) is 4.39 Å². The first-order chi connectivity index (χ1) is 9.67. The van der Waals surface area contributed by atoms with Crippen molar-refractivity contribution in [3.8, 4) is 0 Å². The average molecular weight is 282 g/mol. The molecule has 0 aliphatic carbocycles. The van der Waals surface area contributed by atoms with E-state index >= 15 is 0 Å². The van der Waals surface area contributed by atoms with Gasteiger partial charge in [0, 0.05) is 19.8 Å². The predicted octanol–water partition coefficient (Wildman–Crippen LogP) is 1.72. The van der Waals surface area contributed by atoms with E-state index < -0.39 is 0 Å². The van der Waals surface area contributed by atoms with Crippen LogP contribution in [-0.2, 0) is 4.74 Å². The average Bonchev–Trinajstić information content (AvgIpc) is 2.46. The zero-order chi connectivity index (χ0) is 14.8. The monoisotopic (exact) mass is 282 g/mol. The highest BCUT2D eigenvalue weighted by molar-refractivity contribution is 5.79. The summed E-state index contributed by atoms with van der Waals surface area (Å²) >= 11 is 0. The summed E-state index contributed by atoms with van der Waals surface area (Å²) in [4.78, 5) is 4.31. The molecule has 0 aliphatic rings. The van der Waals surface area contributed by atoms with E-state index in [0.29, 0.717) is 25.7 Å². The van der Waals surface area contributed by atoms with Crippen LogP contribution >= 0.6 is 0 Å². The number of hydrogen-bond donors (Lipinski definition) is 3. The second kappa shape index (κ2) is 9.28. The Morgan fingerprint density at radius 3 is 2.70 bits per heavy atom. The minimum absolute atomic E-state index is 0.0164. The van der Waals surface area contributed by atoms with Gasteiger partial charge in [0.25, 0.3) is 0 Å². The molecule has 1 aromatic carbocycles. The van der Waals surface area contributed by atoms with Crippen LogP contribution in [0.25, 0.3) is 0 Å². The lowest BCUT2D eigenvalue weighted by molar-refractivity contribution is 0.146. The fraction of sp³-hybridized carbons (Fsp3) is 0.500. The molecule has 0 bridgehead atoms. The van der Waals surface area contributed by atoms with Gasteiger partial charge < -0.3 is 10.1 Å². The van der Waals surface area contributed by atoms with E-state index in [1.807, 2.05) is 13.8 Å². The van der Waals surface area contributed by atoms with Crippen LogP contribution in [0.1, 0.15) is 31.9 Å². The minimum atomic E-state index is -0.247. The quantitative estimate of drug-likeness (QED) is 0.234. The molecule has 0 saturated carbocycles. The first-order valence-electron chi connectivity index (χ1n) is 6.78. The second-order valence-electron chi connectivity index (χ2n) is 4.34. The highest BCUT2D eigenvalue weighted by Crippen LogP contribution is 2.12. The Labute approximate surface area is 119 Å². The Kier molecular flexibility index (Phi) is 7.60. The molecule has 5 nitrogen and oxygen atoms in total. The number of hydrogen-bond acceptors (Lipinski definition) is 3. The molecule has 0 fully saturated rings. The van der Waals surface area contributed by atoms with Gasteiger partial charge in [0.15, 0.2) is 0 Å². The number of hydrazine groups is 1. The van der Waals surface area contributed by atoms with E-state index in [1.54, 1.807) is 12.1 Å². The Balaban J connectivity index is 2.46. The number of nitrogens with one attached hydrogen (secondary N) is 2. The van der Waals surface area contributed by atoms with Gasteiger partial charge in [-0.05, 0) is 38.0 Å². The maximum Gasteiger partial charge on any atom is 0.206 e. The first-order valence-corrected chi connectivity index (χ1v) is 6.78. The lowest BCUT2D eigenvalue weighted by Crippen LogP contribution is -2.42. The number of rotatable bonds is 7. The summed E-state index contributed by atoms with van der Waals surface area (Å²) in [5.41, 5.74) is 3.49. The van der Waals surface area contributed by atoms with E-state index in [0.717, 1.165) is 12.0 Å². The molecule has 0 spiro atoms. The molecule has 6 heteroatoms. The normalized spacial score (nSPS) is 13.1. The summed E-state index contributed by atoms with van der Waals surface area (Å²) < 4.78 is 18.1. The molecule has 0 radical (unpaired) electrons. The Morgan fingerprint density at radius 1 is 1.40 bits per heavy atom. The Hall–Kier alpha value is -1.66. The third-order valence-corrected chi connectivity index (χ3v) is 2.78. The standard InChI is InChI=1S/C14H23FN4O/c1-3-20-10-4-9-17-14(19-16)18-11(2)12-5-7-13(15)8-6-12/h5-8,11H,3-4,9-10,16H2,1-2H3,(H2,17,18,19). The summed E-state index contributed by atoms with van der Waals surface area (Å²) in [5.74, 6) is 5.69. The molecule has 1 atom stereocenters. The van der Waals surface area contributed by atoms with Gasteiger partial charge in [0.1, 0.15) is 5.82 Å². The van der Waals surface area contributed by atoms with Crippen LogP contribution in [-0.4, -0.2) is 25.7 Å². The Bertz CT molecular complexity index is 408.